The molecule has 2 bridgehead atoms. The van der Waals surface area contributed by atoms with Crippen molar-refractivity contribution in [2.75, 3.05) is 6.54 Å². The molecule has 2 unspecified atom stereocenters. The Hall–Kier alpha value is -0.300. The maximum atomic E-state index is 5.65. The summed E-state index contributed by atoms with van der Waals surface area (Å²) in [5.41, 5.74) is 6.10. The van der Waals surface area contributed by atoms with E-state index >= 15 is 0 Å². The second-order valence-corrected chi connectivity index (χ2v) is 3.43. The van der Waals surface area contributed by atoms with Crippen LogP contribution in [0.25, 0.3) is 0 Å². The summed E-state index contributed by atoms with van der Waals surface area (Å²) in [6.45, 7) is 0.861. The van der Waals surface area contributed by atoms with Crippen LogP contribution in [-0.2, 0) is 0 Å². The molecule has 2 rings (SSSR count). The van der Waals surface area contributed by atoms with Crippen LogP contribution in [0.4, 0.5) is 0 Å². The summed E-state index contributed by atoms with van der Waals surface area (Å²) in [5.74, 6) is 0.883. The van der Waals surface area contributed by atoms with Crippen molar-refractivity contribution in [3.8, 4) is 0 Å². The summed E-state index contributed by atoms with van der Waals surface area (Å²) in [4.78, 5) is 0. The molecule has 0 aromatic carbocycles. The lowest BCUT2D eigenvalue weighted by atomic mass is 9.88. The van der Waals surface area contributed by atoms with Gasteiger partial charge in [-0.15, -0.1) is 0 Å². The van der Waals surface area contributed by atoms with Gasteiger partial charge in [0.25, 0.3) is 0 Å². The molecule has 0 amide bonds. The maximum absolute atomic E-state index is 5.65. The minimum absolute atomic E-state index is 0.449. The van der Waals surface area contributed by atoms with Crippen molar-refractivity contribution in [3.63, 3.8) is 0 Å². The number of rotatable bonds is 1. The molecule has 0 aromatic heterocycles. The topological polar surface area (TPSA) is 26.0 Å². The highest BCUT2D eigenvalue weighted by Gasteiger charge is 2.39. The molecular weight excluding hydrogens is 110 g/mol. The first-order valence-corrected chi connectivity index (χ1v) is 3.74. The van der Waals surface area contributed by atoms with Gasteiger partial charge < -0.3 is 5.73 Å². The van der Waals surface area contributed by atoms with Crippen LogP contribution >= 0.6 is 0 Å². The Balaban J connectivity index is 2.23. The smallest absolute Gasteiger partial charge is 0.00144 e. The molecule has 50 valence electrons. The van der Waals surface area contributed by atoms with Gasteiger partial charge in [-0.3, -0.25) is 0 Å². The van der Waals surface area contributed by atoms with E-state index in [4.69, 9.17) is 5.73 Å². The average molecular weight is 123 g/mol. The van der Waals surface area contributed by atoms with Crippen LogP contribution in [0.1, 0.15) is 19.3 Å². The molecular formula is C8H13N. The van der Waals surface area contributed by atoms with Gasteiger partial charge in [-0.1, -0.05) is 12.2 Å². The molecule has 0 aromatic rings. The lowest BCUT2D eigenvalue weighted by Crippen LogP contribution is -2.23. The summed E-state index contributed by atoms with van der Waals surface area (Å²) in [6.07, 6.45) is 8.74. The van der Waals surface area contributed by atoms with Crippen molar-refractivity contribution >= 4 is 0 Å². The van der Waals surface area contributed by atoms with E-state index < -0.39 is 0 Å². The molecule has 9 heavy (non-hydrogen) atoms. The molecule has 1 heteroatoms. The molecule has 1 fully saturated rings. The van der Waals surface area contributed by atoms with E-state index in [9.17, 15) is 0 Å². The van der Waals surface area contributed by atoms with Gasteiger partial charge in [-0.25, -0.2) is 0 Å². The molecule has 1 nitrogen and oxygen atoms in total. The zero-order valence-corrected chi connectivity index (χ0v) is 5.64. The standard InChI is InChI=1S/C8H13N/c9-6-8-3-1-7(5-8)2-4-8/h1,3,7H,2,4-6,9H2. The van der Waals surface area contributed by atoms with E-state index in [0.717, 1.165) is 12.5 Å². The zero-order valence-electron chi connectivity index (χ0n) is 5.64. The Labute approximate surface area is 55.9 Å². The van der Waals surface area contributed by atoms with Gasteiger partial charge in [0.15, 0.2) is 0 Å². The van der Waals surface area contributed by atoms with E-state index in [2.05, 4.69) is 12.2 Å². The monoisotopic (exact) mass is 123 g/mol. The van der Waals surface area contributed by atoms with Crippen LogP contribution in [0.3, 0.4) is 0 Å². The predicted molar refractivity (Wildman–Crippen MR) is 38.0 cm³/mol. The van der Waals surface area contributed by atoms with E-state index in [-0.39, 0.29) is 0 Å². The van der Waals surface area contributed by atoms with Crippen molar-refractivity contribution in [2.24, 2.45) is 17.1 Å². The number of fused-ring (bicyclic) bond motifs is 2. The third-order valence-electron chi connectivity index (χ3n) is 2.81. The molecule has 2 N–H and O–H groups in total. The first kappa shape index (κ1) is 5.48. The number of hydrogen-bond acceptors (Lipinski definition) is 1. The van der Waals surface area contributed by atoms with Gasteiger partial charge in [-0.05, 0) is 25.2 Å². The molecule has 2 atom stereocenters. The Morgan fingerprint density at radius 1 is 1.67 bits per heavy atom. The Morgan fingerprint density at radius 2 is 2.56 bits per heavy atom. The first-order valence-electron chi connectivity index (χ1n) is 3.74. The van der Waals surface area contributed by atoms with Gasteiger partial charge in [0.2, 0.25) is 0 Å². The molecule has 0 radical (unpaired) electrons. The predicted octanol–water partition coefficient (Wildman–Crippen LogP) is 1.30. The maximum Gasteiger partial charge on any atom is 0.00144 e. The van der Waals surface area contributed by atoms with Crippen LogP contribution < -0.4 is 5.73 Å². The highest BCUT2D eigenvalue weighted by atomic mass is 14.6. The minimum atomic E-state index is 0.449. The third kappa shape index (κ3) is 0.645. The summed E-state index contributed by atoms with van der Waals surface area (Å²) in [5, 5.41) is 0. The summed E-state index contributed by atoms with van der Waals surface area (Å²) >= 11 is 0. The highest BCUT2D eigenvalue weighted by Crippen LogP contribution is 2.48. The van der Waals surface area contributed by atoms with Crippen molar-refractivity contribution < 1.29 is 0 Å². The number of nitrogens with two attached hydrogens (primary N) is 1. The van der Waals surface area contributed by atoms with Crippen molar-refractivity contribution in [1.82, 2.24) is 0 Å². The quantitative estimate of drug-likeness (QED) is 0.522. The van der Waals surface area contributed by atoms with Crippen molar-refractivity contribution in [1.29, 1.82) is 0 Å². The van der Waals surface area contributed by atoms with Gasteiger partial charge in [-0.2, -0.15) is 0 Å². The first-order chi connectivity index (χ1) is 4.35. The zero-order chi connectivity index (χ0) is 6.32. The van der Waals surface area contributed by atoms with Crippen LogP contribution in [0.15, 0.2) is 12.2 Å². The fourth-order valence-electron chi connectivity index (χ4n) is 2.11. The van der Waals surface area contributed by atoms with Crippen molar-refractivity contribution in [2.45, 2.75) is 19.3 Å². The normalized spacial score (nSPS) is 46.6. The number of allylic oxidation sites excluding steroid dienone is 1. The van der Waals surface area contributed by atoms with E-state index in [1.165, 1.54) is 19.3 Å². The fraction of sp³-hybridized carbons (Fsp3) is 0.750. The molecule has 0 spiro atoms. The summed E-state index contributed by atoms with van der Waals surface area (Å²) in [7, 11) is 0. The molecule has 2 aliphatic carbocycles. The lowest BCUT2D eigenvalue weighted by Gasteiger charge is -2.19. The minimum Gasteiger partial charge on any atom is -0.330 e. The number of hydrogen-bond donors (Lipinski definition) is 1. The molecule has 0 aliphatic heterocycles. The van der Waals surface area contributed by atoms with Crippen LogP contribution in [0.2, 0.25) is 0 Å². The van der Waals surface area contributed by atoms with Crippen molar-refractivity contribution in [3.05, 3.63) is 12.2 Å². The van der Waals surface area contributed by atoms with Crippen LogP contribution in [0, 0.1) is 11.3 Å². The Kier molecular flexibility index (Phi) is 0.974. The third-order valence-corrected chi connectivity index (χ3v) is 2.81. The highest BCUT2D eigenvalue weighted by molar-refractivity contribution is 5.15. The molecule has 0 heterocycles. The van der Waals surface area contributed by atoms with Gasteiger partial charge in [0.05, 0.1) is 0 Å². The molecule has 2 aliphatic rings. The summed E-state index contributed by atoms with van der Waals surface area (Å²) < 4.78 is 0. The van der Waals surface area contributed by atoms with Crippen LogP contribution in [0.5, 0.6) is 0 Å². The second-order valence-electron chi connectivity index (χ2n) is 3.43. The molecule has 1 saturated carbocycles. The van der Waals surface area contributed by atoms with Gasteiger partial charge >= 0.3 is 0 Å². The largest absolute Gasteiger partial charge is 0.330 e. The lowest BCUT2D eigenvalue weighted by molar-refractivity contribution is 0.417. The average Bonchev–Trinajstić information content (AvgIpc) is 2.46. The van der Waals surface area contributed by atoms with Gasteiger partial charge in [0, 0.05) is 12.0 Å². The SMILES string of the molecule is NCC12C=CC(CC1)C2. The van der Waals surface area contributed by atoms with E-state index in [1.807, 2.05) is 0 Å². The molecule has 0 saturated heterocycles. The van der Waals surface area contributed by atoms with Crippen LogP contribution in [-0.4, -0.2) is 6.54 Å². The second kappa shape index (κ2) is 1.60. The fourth-order valence-corrected chi connectivity index (χ4v) is 2.11. The van der Waals surface area contributed by atoms with Gasteiger partial charge in [0.1, 0.15) is 0 Å². The van der Waals surface area contributed by atoms with E-state index in [1.54, 1.807) is 0 Å². The summed E-state index contributed by atoms with van der Waals surface area (Å²) in [6, 6.07) is 0. The Bertz CT molecular complexity index is 151. The van der Waals surface area contributed by atoms with E-state index in [0.29, 0.717) is 5.41 Å². The Morgan fingerprint density at radius 3 is 2.78 bits per heavy atom.